The Morgan fingerprint density at radius 1 is 1.29 bits per heavy atom. The largest absolute Gasteiger partial charge is 0.467 e. The van der Waals surface area contributed by atoms with E-state index in [-0.39, 0.29) is 5.75 Å². The van der Waals surface area contributed by atoms with Gasteiger partial charge in [-0.05, 0) is 37.1 Å². The lowest BCUT2D eigenvalue weighted by Crippen LogP contribution is -2.48. The van der Waals surface area contributed by atoms with Gasteiger partial charge in [-0.3, -0.25) is 5.32 Å². The number of carbonyl (C=O) groups is 1. The van der Waals surface area contributed by atoms with E-state index in [4.69, 9.17) is 4.74 Å². The number of esters is 1. The molecule has 0 aromatic heterocycles. The van der Waals surface area contributed by atoms with Crippen LogP contribution in [0.5, 0.6) is 5.75 Å². The van der Waals surface area contributed by atoms with Crippen LogP contribution in [0.15, 0.2) is 24.3 Å². The fourth-order valence-electron chi connectivity index (χ4n) is 1.87. The van der Waals surface area contributed by atoms with Crippen molar-refractivity contribution in [3.63, 3.8) is 0 Å². The zero-order valence-corrected chi connectivity index (χ0v) is 12.7. The monoisotopic (exact) mass is 301 g/mol. The second-order valence-corrected chi connectivity index (χ2v) is 5.29. The molecule has 1 atom stereocenters. The molecule has 21 heavy (non-hydrogen) atoms. The number of alkyl halides is 2. The van der Waals surface area contributed by atoms with Crippen LogP contribution >= 0.6 is 0 Å². The van der Waals surface area contributed by atoms with Gasteiger partial charge < -0.3 is 9.47 Å². The number of ether oxygens (including phenoxy) is 2. The Balaban J connectivity index is 3.00. The average molecular weight is 301 g/mol. The van der Waals surface area contributed by atoms with Gasteiger partial charge in [0.15, 0.2) is 0 Å². The van der Waals surface area contributed by atoms with Crippen molar-refractivity contribution in [2.24, 2.45) is 5.92 Å². The third kappa shape index (κ3) is 4.67. The zero-order chi connectivity index (χ0) is 16.0. The summed E-state index contributed by atoms with van der Waals surface area (Å²) in [7, 11) is 1.31. The van der Waals surface area contributed by atoms with Crippen molar-refractivity contribution in [3.05, 3.63) is 29.8 Å². The Labute approximate surface area is 123 Å². The molecule has 0 aliphatic carbocycles. The first-order valence-corrected chi connectivity index (χ1v) is 6.68. The van der Waals surface area contributed by atoms with E-state index in [2.05, 4.69) is 10.1 Å². The van der Waals surface area contributed by atoms with Crippen LogP contribution < -0.4 is 10.1 Å². The van der Waals surface area contributed by atoms with Crippen LogP contribution in [-0.2, 0) is 15.1 Å². The van der Waals surface area contributed by atoms with Gasteiger partial charge in [0.2, 0.25) is 0 Å². The minimum atomic E-state index is -2.87. The average Bonchev–Trinajstić information content (AvgIpc) is 2.44. The first-order chi connectivity index (χ1) is 9.79. The molecule has 4 nitrogen and oxygen atoms in total. The molecule has 0 saturated heterocycles. The molecule has 0 aliphatic heterocycles. The van der Waals surface area contributed by atoms with E-state index in [1.54, 1.807) is 19.1 Å². The molecule has 1 N–H and O–H groups in total. The van der Waals surface area contributed by atoms with Gasteiger partial charge in [-0.25, -0.2) is 4.79 Å². The van der Waals surface area contributed by atoms with Crippen molar-refractivity contribution >= 4 is 5.97 Å². The van der Waals surface area contributed by atoms with Gasteiger partial charge in [-0.15, -0.1) is 0 Å². The molecule has 0 fully saturated rings. The summed E-state index contributed by atoms with van der Waals surface area (Å²) in [6.45, 7) is 3.47. The Kier molecular flexibility index (Phi) is 6.08. The molecule has 6 heteroatoms. The Morgan fingerprint density at radius 2 is 1.86 bits per heavy atom. The molecule has 118 valence electrons. The zero-order valence-electron chi connectivity index (χ0n) is 12.7. The normalized spacial score (nSPS) is 14.1. The minimum absolute atomic E-state index is 0.0461. The Hall–Kier alpha value is -1.69. The molecule has 1 unspecified atom stereocenters. The smallest absolute Gasteiger partial charge is 0.387 e. The number of rotatable bonds is 7. The second-order valence-electron chi connectivity index (χ2n) is 5.29. The van der Waals surface area contributed by atoms with Crippen LogP contribution in [0.1, 0.15) is 26.3 Å². The lowest BCUT2D eigenvalue weighted by molar-refractivity contribution is -0.148. The highest BCUT2D eigenvalue weighted by Crippen LogP contribution is 2.25. The number of benzene rings is 1. The van der Waals surface area contributed by atoms with E-state index in [1.165, 1.54) is 19.2 Å². The van der Waals surface area contributed by atoms with Crippen molar-refractivity contribution in [2.75, 3.05) is 13.7 Å². The molecule has 0 radical (unpaired) electrons. The number of nitrogens with one attached hydrogen (secondary N) is 1. The SMILES string of the molecule is COC(=O)C(C)(NCC(C)C)c1ccc(OC(F)F)cc1. The van der Waals surface area contributed by atoms with Crippen LogP contribution in [0.4, 0.5) is 8.78 Å². The highest BCUT2D eigenvalue weighted by molar-refractivity contribution is 5.82. The van der Waals surface area contributed by atoms with E-state index in [9.17, 15) is 13.6 Å². The third-order valence-corrected chi connectivity index (χ3v) is 3.11. The molecule has 0 amide bonds. The third-order valence-electron chi connectivity index (χ3n) is 3.11. The summed E-state index contributed by atoms with van der Waals surface area (Å²) in [5.41, 5.74) is -0.417. The molecule has 0 heterocycles. The number of methoxy groups -OCH3 is 1. The van der Waals surface area contributed by atoms with E-state index in [0.29, 0.717) is 18.0 Å². The van der Waals surface area contributed by atoms with E-state index in [0.717, 1.165) is 0 Å². The van der Waals surface area contributed by atoms with Crippen LogP contribution in [0, 0.1) is 5.92 Å². The number of carbonyl (C=O) groups excluding carboxylic acids is 1. The molecular weight excluding hydrogens is 280 g/mol. The van der Waals surface area contributed by atoms with Gasteiger partial charge in [-0.2, -0.15) is 8.78 Å². The first-order valence-electron chi connectivity index (χ1n) is 6.68. The number of hydrogen-bond donors (Lipinski definition) is 1. The van der Waals surface area contributed by atoms with Crippen molar-refractivity contribution in [1.82, 2.24) is 5.32 Å². The maximum Gasteiger partial charge on any atom is 0.387 e. The summed E-state index contributed by atoms with van der Waals surface area (Å²) in [5, 5.41) is 3.16. The molecule has 0 aliphatic rings. The lowest BCUT2D eigenvalue weighted by atomic mass is 9.91. The van der Waals surface area contributed by atoms with Gasteiger partial charge in [-0.1, -0.05) is 26.0 Å². The van der Waals surface area contributed by atoms with E-state index < -0.39 is 18.1 Å². The highest BCUT2D eigenvalue weighted by atomic mass is 19.3. The predicted octanol–water partition coefficient (Wildman–Crippen LogP) is 2.92. The van der Waals surface area contributed by atoms with Crippen LogP contribution in [-0.4, -0.2) is 26.2 Å². The van der Waals surface area contributed by atoms with Crippen molar-refractivity contribution in [1.29, 1.82) is 0 Å². The number of halogens is 2. The Bertz CT molecular complexity index is 462. The molecule has 1 aromatic rings. The quantitative estimate of drug-likeness (QED) is 0.787. The maximum absolute atomic E-state index is 12.1. The van der Waals surface area contributed by atoms with Gasteiger partial charge in [0.05, 0.1) is 7.11 Å². The van der Waals surface area contributed by atoms with Crippen LogP contribution in [0.3, 0.4) is 0 Å². The lowest BCUT2D eigenvalue weighted by Gasteiger charge is -2.29. The topological polar surface area (TPSA) is 47.6 Å². The molecule has 0 spiro atoms. The molecule has 0 bridgehead atoms. The van der Waals surface area contributed by atoms with Crippen LogP contribution in [0.2, 0.25) is 0 Å². The fourth-order valence-corrected chi connectivity index (χ4v) is 1.87. The maximum atomic E-state index is 12.1. The summed E-state index contributed by atoms with van der Waals surface area (Å²) in [5.74, 6) is -0.0501. The van der Waals surface area contributed by atoms with Gasteiger partial charge in [0.1, 0.15) is 11.3 Å². The van der Waals surface area contributed by atoms with Gasteiger partial charge in [0.25, 0.3) is 0 Å². The summed E-state index contributed by atoms with van der Waals surface area (Å²) in [4.78, 5) is 12.1. The van der Waals surface area contributed by atoms with E-state index in [1.807, 2.05) is 13.8 Å². The summed E-state index contributed by atoms with van der Waals surface area (Å²) >= 11 is 0. The molecule has 1 aromatic carbocycles. The Morgan fingerprint density at radius 3 is 2.29 bits per heavy atom. The first kappa shape index (κ1) is 17.4. The molecular formula is C15H21F2NO3. The minimum Gasteiger partial charge on any atom is -0.467 e. The van der Waals surface area contributed by atoms with E-state index >= 15 is 0 Å². The predicted molar refractivity (Wildman–Crippen MR) is 75.3 cm³/mol. The molecule has 1 rings (SSSR count). The fraction of sp³-hybridized carbons (Fsp3) is 0.533. The van der Waals surface area contributed by atoms with Crippen LogP contribution in [0.25, 0.3) is 0 Å². The summed E-state index contributed by atoms with van der Waals surface area (Å²) in [6, 6.07) is 5.95. The van der Waals surface area contributed by atoms with Crippen molar-refractivity contribution < 1.29 is 23.0 Å². The highest BCUT2D eigenvalue weighted by Gasteiger charge is 2.36. The van der Waals surface area contributed by atoms with Crippen molar-refractivity contribution in [2.45, 2.75) is 32.9 Å². The standard InChI is InChI=1S/C15H21F2NO3/c1-10(2)9-18-15(3,13(19)20-4)11-5-7-12(8-6-11)21-14(16)17/h5-8,10,14,18H,9H2,1-4H3. The second kappa shape index (κ2) is 7.36. The summed E-state index contributed by atoms with van der Waals surface area (Å²) < 4.78 is 33.4. The molecule has 0 saturated carbocycles. The van der Waals surface area contributed by atoms with Crippen molar-refractivity contribution in [3.8, 4) is 5.75 Å². The van der Waals surface area contributed by atoms with Gasteiger partial charge in [0, 0.05) is 0 Å². The van der Waals surface area contributed by atoms with Gasteiger partial charge >= 0.3 is 12.6 Å². The summed E-state index contributed by atoms with van der Waals surface area (Å²) in [6.07, 6.45) is 0. The number of hydrogen-bond acceptors (Lipinski definition) is 4.